The van der Waals surface area contributed by atoms with E-state index in [4.69, 9.17) is 14.2 Å². The third-order valence-corrected chi connectivity index (χ3v) is 3.84. The van der Waals surface area contributed by atoms with Crippen LogP contribution in [0.1, 0.15) is 32.3 Å². The highest BCUT2D eigenvalue weighted by Crippen LogP contribution is 2.29. The Bertz CT molecular complexity index is 746. The molecule has 0 spiro atoms. The van der Waals surface area contributed by atoms with Crippen LogP contribution < -0.4 is 24.8 Å². The molecule has 0 fully saturated rings. The van der Waals surface area contributed by atoms with Gasteiger partial charge in [0.05, 0.1) is 19.9 Å². The summed E-state index contributed by atoms with van der Waals surface area (Å²) in [6, 6.07) is 12.6. The molecule has 2 aromatic rings. The molecule has 0 heterocycles. The fourth-order valence-corrected chi connectivity index (χ4v) is 2.53. The zero-order valence-corrected chi connectivity index (χ0v) is 15.8. The third kappa shape index (κ3) is 5.05. The van der Waals surface area contributed by atoms with Crippen LogP contribution in [-0.2, 0) is 0 Å². The number of anilines is 1. The van der Waals surface area contributed by atoms with E-state index in [1.165, 1.54) is 7.11 Å². The molecule has 0 aliphatic rings. The summed E-state index contributed by atoms with van der Waals surface area (Å²) in [6.07, 6.45) is -0.501. The fourth-order valence-electron chi connectivity index (χ4n) is 2.53. The summed E-state index contributed by atoms with van der Waals surface area (Å²) in [4.78, 5) is 12.3. The first-order valence-electron chi connectivity index (χ1n) is 8.49. The van der Waals surface area contributed by atoms with Crippen molar-refractivity contribution in [1.82, 2.24) is 5.32 Å². The molecule has 6 nitrogen and oxygen atoms in total. The van der Waals surface area contributed by atoms with E-state index in [9.17, 15) is 4.79 Å². The molecule has 0 radical (unpaired) electrons. The number of para-hydroxylation sites is 1. The van der Waals surface area contributed by atoms with Gasteiger partial charge in [-0.15, -0.1) is 0 Å². The van der Waals surface area contributed by atoms with Gasteiger partial charge < -0.3 is 24.8 Å². The first-order valence-corrected chi connectivity index (χ1v) is 8.49. The van der Waals surface area contributed by atoms with Gasteiger partial charge in [-0.2, -0.15) is 0 Å². The van der Waals surface area contributed by atoms with Crippen LogP contribution >= 0.6 is 0 Å². The second-order valence-corrected chi connectivity index (χ2v) is 6.12. The molecule has 1 unspecified atom stereocenters. The summed E-state index contributed by atoms with van der Waals surface area (Å²) in [6.45, 7) is 5.98. The molecule has 0 aliphatic heterocycles. The van der Waals surface area contributed by atoms with Crippen LogP contribution in [0, 0.1) is 0 Å². The standard InChI is InChI=1S/C20H26N2O4/c1-13(2)16-8-6-7-9-18(16)26-14(3)21-20(23)22-17-11-10-15(24-4)12-19(17)25-5/h6-14H,1-5H3,(H2,21,22,23). The molecule has 1 atom stereocenters. The maximum Gasteiger partial charge on any atom is 0.322 e. The first-order chi connectivity index (χ1) is 12.4. The Hall–Kier alpha value is -2.89. The van der Waals surface area contributed by atoms with E-state index < -0.39 is 6.23 Å². The van der Waals surface area contributed by atoms with E-state index in [-0.39, 0.29) is 6.03 Å². The number of methoxy groups -OCH3 is 2. The van der Waals surface area contributed by atoms with Gasteiger partial charge >= 0.3 is 6.03 Å². The van der Waals surface area contributed by atoms with Crippen LogP contribution in [-0.4, -0.2) is 26.5 Å². The maximum atomic E-state index is 12.3. The molecule has 2 rings (SSSR count). The van der Waals surface area contributed by atoms with E-state index >= 15 is 0 Å². The van der Waals surface area contributed by atoms with E-state index in [1.54, 1.807) is 32.2 Å². The van der Waals surface area contributed by atoms with E-state index in [1.807, 2.05) is 24.3 Å². The second kappa shape index (κ2) is 8.99. The molecular formula is C20H26N2O4. The SMILES string of the molecule is COc1ccc(NC(=O)NC(C)Oc2ccccc2C(C)C)c(OC)c1. The quantitative estimate of drug-likeness (QED) is 0.721. The lowest BCUT2D eigenvalue weighted by atomic mass is 10.0. The molecule has 0 saturated carbocycles. The summed E-state index contributed by atoms with van der Waals surface area (Å²) < 4.78 is 16.3. The van der Waals surface area contributed by atoms with Crippen molar-refractivity contribution in [2.24, 2.45) is 0 Å². The Balaban J connectivity index is 2.00. The average Bonchev–Trinajstić information content (AvgIpc) is 2.62. The Kier molecular flexibility index (Phi) is 6.72. The van der Waals surface area contributed by atoms with E-state index in [0.29, 0.717) is 23.1 Å². The highest BCUT2D eigenvalue weighted by molar-refractivity contribution is 5.91. The predicted molar refractivity (Wildman–Crippen MR) is 102 cm³/mol. The third-order valence-electron chi connectivity index (χ3n) is 3.84. The molecule has 0 bridgehead atoms. The largest absolute Gasteiger partial charge is 0.497 e. The number of carbonyl (C=O) groups is 1. The Labute approximate surface area is 154 Å². The number of amides is 2. The van der Waals surface area contributed by atoms with Crippen molar-refractivity contribution >= 4 is 11.7 Å². The number of hydrogen-bond donors (Lipinski definition) is 2. The van der Waals surface area contributed by atoms with Gasteiger partial charge in [0, 0.05) is 6.07 Å². The topological polar surface area (TPSA) is 68.8 Å². The summed E-state index contributed by atoms with van der Waals surface area (Å²) >= 11 is 0. The van der Waals surface area contributed by atoms with Crippen molar-refractivity contribution in [2.45, 2.75) is 32.9 Å². The molecule has 0 aliphatic carbocycles. The minimum Gasteiger partial charge on any atom is -0.497 e. The van der Waals surface area contributed by atoms with Gasteiger partial charge in [-0.1, -0.05) is 32.0 Å². The highest BCUT2D eigenvalue weighted by atomic mass is 16.5. The Morgan fingerprint density at radius 1 is 0.962 bits per heavy atom. The molecule has 2 aromatic carbocycles. The average molecular weight is 358 g/mol. The number of ether oxygens (including phenoxy) is 3. The van der Waals surface area contributed by atoms with Crippen molar-refractivity contribution in [2.75, 3.05) is 19.5 Å². The van der Waals surface area contributed by atoms with Crippen LogP contribution in [0.2, 0.25) is 0 Å². The molecule has 26 heavy (non-hydrogen) atoms. The molecule has 0 aromatic heterocycles. The van der Waals surface area contributed by atoms with Crippen LogP contribution in [0.5, 0.6) is 17.2 Å². The number of nitrogens with one attached hydrogen (secondary N) is 2. The van der Waals surface area contributed by atoms with Crippen molar-refractivity contribution in [1.29, 1.82) is 0 Å². The monoisotopic (exact) mass is 358 g/mol. The lowest BCUT2D eigenvalue weighted by molar-refractivity contribution is 0.181. The van der Waals surface area contributed by atoms with Crippen molar-refractivity contribution in [3.05, 3.63) is 48.0 Å². The van der Waals surface area contributed by atoms with Gasteiger partial charge in [0.25, 0.3) is 0 Å². The number of hydrogen-bond acceptors (Lipinski definition) is 4. The van der Waals surface area contributed by atoms with Crippen LogP contribution in [0.4, 0.5) is 10.5 Å². The summed E-state index contributed by atoms with van der Waals surface area (Å²) in [5.41, 5.74) is 1.64. The second-order valence-electron chi connectivity index (χ2n) is 6.12. The van der Waals surface area contributed by atoms with Gasteiger partial charge in [0.2, 0.25) is 0 Å². The van der Waals surface area contributed by atoms with E-state index in [2.05, 4.69) is 24.5 Å². The van der Waals surface area contributed by atoms with Gasteiger partial charge in [0.15, 0.2) is 6.23 Å². The highest BCUT2D eigenvalue weighted by Gasteiger charge is 2.14. The van der Waals surface area contributed by atoms with Crippen LogP contribution in [0.15, 0.2) is 42.5 Å². The Morgan fingerprint density at radius 2 is 1.69 bits per heavy atom. The number of urea groups is 1. The summed E-state index contributed by atoms with van der Waals surface area (Å²) in [5.74, 6) is 2.25. The molecule has 140 valence electrons. The lowest BCUT2D eigenvalue weighted by Gasteiger charge is -2.20. The lowest BCUT2D eigenvalue weighted by Crippen LogP contribution is -2.39. The smallest absolute Gasteiger partial charge is 0.322 e. The molecule has 2 amide bonds. The fraction of sp³-hybridized carbons (Fsp3) is 0.350. The van der Waals surface area contributed by atoms with Crippen LogP contribution in [0.25, 0.3) is 0 Å². The van der Waals surface area contributed by atoms with Gasteiger partial charge in [-0.25, -0.2) is 4.79 Å². The maximum absolute atomic E-state index is 12.3. The Morgan fingerprint density at radius 3 is 2.35 bits per heavy atom. The normalized spacial score (nSPS) is 11.6. The molecule has 6 heteroatoms. The number of carbonyl (C=O) groups excluding carboxylic acids is 1. The van der Waals surface area contributed by atoms with Gasteiger partial charge in [-0.3, -0.25) is 0 Å². The minimum absolute atomic E-state index is 0.329. The van der Waals surface area contributed by atoms with Crippen molar-refractivity contribution in [3.63, 3.8) is 0 Å². The minimum atomic E-state index is -0.501. The molecular weight excluding hydrogens is 332 g/mol. The molecule has 0 saturated heterocycles. The van der Waals surface area contributed by atoms with Crippen molar-refractivity contribution in [3.8, 4) is 17.2 Å². The zero-order chi connectivity index (χ0) is 19.1. The molecule has 2 N–H and O–H groups in total. The number of benzene rings is 2. The van der Waals surface area contributed by atoms with Crippen molar-refractivity contribution < 1.29 is 19.0 Å². The van der Waals surface area contributed by atoms with Gasteiger partial charge in [-0.05, 0) is 36.6 Å². The predicted octanol–water partition coefficient (Wildman–Crippen LogP) is 4.37. The summed E-state index contributed by atoms with van der Waals surface area (Å²) in [7, 11) is 3.11. The zero-order valence-electron chi connectivity index (χ0n) is 15.8. The first kappa shape index (κ1) is 19.4. The number of rotatable bonds is 7. The van der Waals surface area contributed by atoms with E-state index in [0.717, 1.165) is 11.3 Å². The van der Waals surface area contributed by atoms with Gasteiger partial charge in [0.1, 0.15) is 17.2 Å². The summed E-state index contributed by atoms with van der Waals surface area (Å²) in [5, 5.41) is 5.52. The van der Waals surface area contributed by atoms with Crippen LogP contribution in [0.3, 0.4) is 0 Å².